The van der Waals surface area contributed by atoms with Crippen molar-refractivity contribution >= 4 is 63.0 Å². The van der Waals surface area contributed by atoms with Crippen LogP contribution in [0.4, 0.5) is 0 Å². The molecule has 0 aliphatic heterocycles. The van der Waals surface area contributed by atoms with E-state index in [-0.39, 0.29) is 0 Å². The fourth-order valence-electron chi connectivity index (χ4n) is 5.93. The molecule has 0 aliphatic rings. The van der Waals surface area contributed by atoms with Crippen LogP contribution in [0.2, 0.25) is 0 Å². The van der Waals surface area contributed by atoms with Gasteiger partial charge in [-0.2, -0.15) is 10.5 Å². The summed E-state index contributed by atoms with van der Waals surface area (Å²) < 4.78 is 4.94. The van der Waals surface area contributed by atoms with E-state index >= 15 is 0 Å². The van der Waals surface area contributed by atoms with E-state index in [0.717, 1.165) is 38.6 Å². The van der Waals surface area contributed by atoms with Crippen LogP contribution in [0.3, 0.4) is 0 Å². The van der Waals surface area contributed by atoms with E-state index in [1.54, 1.807) is 11.3 Å². The first-order valence-corrected chi connectivity index (χ1v) is 15.2. The van der Waals surface area contributed by atoms with Gasteiger partial charge in [0, 0.05) is 40.3 Å². The SMILES string of the molecule is N#Cc1cccc(-c2cc(-c3ccc4sc5ccc(C#N)cc5c4c3)cc(-c3cccc4sc5ccccc5c34)c2)c1. The third kappa shape index (κ3) is 3.98. The lowest BCUT2D eigenvalue weighted by Crippen LogP contribution is -1.88. The van der Waals surface area contributed by atoms with Gasteiger partial charge in [0.15, 0.2) is 0 Å². The summed E-state index contributed by atoms with van der Waals surface area (Å²) in [6.45, 7) is 0. The van der Waals surface area contributed by atoms with Crippen LogP contribution >= 0.6 is 22.7 Å². The molecule has 8 aromatic rings. The van der Waals surface area contributed by atoms with Crippen LogP contribution < -0.4 is 0 Å². The molecule has 0 atom stereocenters. The maximum absolute atomic E-state index is 9.61. The van der Waals surface area contributed by atoms with Crippen LogP contribution in [-0.4, -0.2) is 0 Å². The molecule has 0 aliphatic carbocycles. The van der Waals surface area contributed by atoms with E-state index in [4.69, 9.17) is 0 Å². The lowest BCUT2D eigenvalue weighted by Gasteiger charge is -2.13. The second-order valence-electron chi connectivity index (χ2n) is 10.4. The van der Waals surface area contributed by atoms with Crippen LogP contribution in [0.25, 0.3) is 73.7 Å². The zero-order chi connectivity index (χ0) is 28.2. The highest BCUT2D eigenvalue weighted by atomic mass is 32.1. The van der Waals surface area contributed by atoms with Crippen LogP contribution in [0.15, 0.2) is 121 Å². The maximum Gasteiger partial charge on any atom is 0.0991 e. The van der Waals surface area contributed by atoms with E-state index < -0.39 is 0 Å². The van der Waals surface area contributed by atoms with Crippen molar-refractivity contribution < 1.29 is 0 Å². The van der Waals surface area contributed by atoms with Gasteiger partial charge in [-0.15, -0.1) is 22.7 Å². The minimum absolute atomic E-state index is 0.643. The molecule has 4 heteroatoms. The number of thiophene rings is 2. The molecule has 0 unspecified atom stereocenters. The van der Waals surface area contributed by atoms with Crippen molar-refractivity contribution in [1.82, 2.24) is 0 Å². The van der Waals surface area contributed by atoms with Gasteiger partial charge in [-0.1, -0.05) is 48.5 Å². The first-order valence-electron chi connectivity index (χ1n) is 13.6. The van der Waals surface area contributed by atoms with Crippen molar-refractivity contribution in [3.63, 3.8) is 0 Å². The number of rotatable bonds is 3. The molecule has 0 spiro atoms. The Morgan fingerprint density at radius 2 is 1.02 bits per heavy atom. The lowest BCUT2D eigenvalue weighted by molar-refractivity contribution is 1.48. The monoisotopic (exact) mass is 568 g/mol. The zero-order valence-corrected chi connectivity index (χ0v) is 23.9. The van der Waals surface area contributed by atoms with E-state index in [9.17, 15) is 10.5 Å². The second kappa shape index (κ2) is 9.68. The van der Waals surface area contributed by atoms with Crippen molar-refractivity contribution in [1.29, 1.82) is 10.5 Å². The molecule has 194 valence electrons. The highest BCUT2D eigenvalue weighted by molar-refractivity contribution is 7.26. The minimum Gasteiger partial charge on any atom is -0.192 e. The first kappa shape index (κ1) is 24.5. The fourth-order valence-corrected chi connectivity index (χ4v) is 8.13. The minimum atomic E-state index is 0.643. The molecule has 6 aromatic carbocycles. The Morgan fingerprint density at radius 3 is 1.86 bits per heavy atom. The summed E-state index contributed by atoms with van der Waals surface area (Å²) in [6.07, 6.45) is 0. The van der Waals surface area contributed by atoms with Gasteiger partial charge >= 0.3 is 0 Å². The standard InChI is InChI=1S/C38H20N2S2/c39-21-23-5-3-6-25(15-23)27-17-28(26-12-14-36-33(20-26)32-16-24(22-40)11-13-35(32)41-36)19-29(18-27)30-8-4-10-37-38(30)31-7-1-2-9-34(31)42-37/h1-20H. The smallest absolute Gasteiger partial charge is 0.0991 e. The Balaban J connectivity index is 1.40. The van der Waals surface area contributed by atoms with E-state index in [1.165, 1.54) is 35.1 Å². The summed E-state index contributed by atoms with van der Waals surface area (Å²) >= 11 is 3.58. The number of benzene rings is 6. The Hall–Kier alpha value is -5.26. The number of fused-ring (bicyclic) bond motifs is 6. The molecule has 8 rings (SSSR count). The molecular formula is C38H20N2S2. The van der Waals surface area contributed by atoms with E-state index in [1.807, 2.05) is 47.7 Å². The quantitative estimate of drug-likeness (QED) is 0.213. The summed E-state index contributed by atoms with van der Waals surface area (Å²) in [7, 11) is 0. The number of nitriles is 2. The predicted molar refractivity (Wildman–Crippen MR) is 178 cm³/mol. The normalized spacial score (nSPS) is 11.3. The van der Waals surface area contributed by atoms with Gasteiger partial charge in [-0.25, -0.2) is 0 Å². The third-order valence-corrected chi connectivity index (χ3v) is 10.2. The molecular weight excluding hydrogens is 549 g/mol. The molecule has 2 aromatic heterocycles. The Morgan fingerprint density at radius 1 is 0.405 bits per heavy atom. The van der Waals surface area contributed by atoms with E-state index in [2.05, 4.69) is 97.1 Å². The highest BCUT2D eigenvalue weighted by Gasteiger charge is 2.15. The number of hydrogen-bond acceptors (Lipinski definition) is 4. The Labute approximate surface area is 250 Å². The highest BCUT2D eigenvalue weighted by Crippen LogP contribution is 2.43. The van der Waals surface area contributed by atoms with Crippen molar-refractivity contribution in [3.05, 3.63) is 132 Å². The molecule has 0 radical (unpaired) electrons. The van der Waals surface area contributed by atoms with Crippen LogP contribution in [0.5, 0.6) is 0 Å². The summed E-state index contributed by atoms with van der Waals surface area (Å²) in [4.78, 5) is 0. The lowest BCUT2D eigenvalue weighted by atomic mass is 9.91. The topological polar surface area (TPSA) is 47.6 Å². The summed E-state index contributed by atoms with van der Waals surface area (Å²) in [6, 6.07) is 46.9. The molecule has 0 bridgehead atoms. The first-order chi connectivity index (χ1) is 20.7. The fraction of sp³-hybridized carbons (Fsp3) is 0. The van der Waals surface area contributed by atoms with Gasteiger partial charge in [0.25, 0.3) is 0 Å². The average Bonchev–Trinajstić information content (AvgIpc) is 3.62. The van der Waals surface area contributed by atoms with Crippen molar-refractivity contribution in [3.8, 4) is 45.5 Å². The van der Waals surface area contributed by atoms with Gasteiger partial charge in [0.1, 0.15) is 0 Å². The number of nitrogens with zero attached hydrogens (tertiary/aromatic N) is 2. The zero-order valence-electron chi connectivity index (χ0n) is 22.3. The van der Waals surface area contributed by atoms with Gasteiger partial charge in [0.05, 0.1) is 23.3 Å². The molecule has 0 N–H and O–H groups in total. The molecule has 42 heavy (non-hydrogen) atoms. The molecule has 2 heterocycles. The number of hydrogen-bond donors (Lipinski definition) is 0. The summed E-state index contributed by atoms with van der Waals surface area (Å²) in [5, 5.41) is 23.9. The van der Waals surface area contributed by atoms with Crippen LogP contribution in [0, 0.1) is 22.7 Å². The molecule has 0 fully saturated rings. The van der Waals surface area contributed by atoms with Gasteiger partial charge < -0.3 is 0 Å². The molecule has 2 nitrogen and oxygen atoms in total. The largest absolute Gasteiger partial charge is 0.192 e. The third-order valence-electron chi connectivity index (χ3n) is 7.90. The summed E-state index contributed by atoms with van der Waals surface area (Å²) in [5.41, 5.74) is 7.96. The average molecular weight is 569 g/mol. The van der Waals surface area contributed by atoms with Crippen LogP contribution in [0.1, 0.15) is 11.1 Å². The van der Waals surface area contributed by atoms with Gasteiger partial charge in [-0.05, 0) is 106 Å². The van der Waals surface area contributed by atoms with Gasteiger partial charge in [0.2, 0.25) is 0 Å². The second-order valence-corrected chi connectivity index (χ2v) is 12.6. The Bertz CT molecular complexity index is 2450. The maximum atomic E-state index is 9.61. The van der Waals surface area contributed by atoms with Crippen molar-refractivity contribution in [2.75, 3.05) is 0 Å². The molecule has 0 saturated heterocycles. The predicted octanol–water partition coefficient (Wildman–Crippen LogP) is 11.2. The van der Waals surface area contributed by atoms with Gasteiger partial charge in [-0.3, -0.25) is 0 Å². The van der Waals surface area contributed by atoms with Crippen LogP contribution in [-0.2, 0) is 0 Å². The molecule has 0 saturated carbocycles. The Kier molecular flexibility index (Phi) is 5.66. The van der Waals surface area contributed by atoms with Crippen molar-refractivity contribution in [2.24, 2.45) is 0 Å². The van der Waals surface area contributed by atoms with E-state index in [0.29, 0.717) is 11.1 Å². The summed E-state index contributed by atoms with van der Waals surface area (Å²) in [5.74, 6) is 0. The molecule has 0 amide bonds. The van der Waals surface area contributed by atoms with Crippen molar-refractivity contribution in [2.45, 2.75) is 0 Å².